The molecular weight excluding hydrogens is 292 g/mol. The molecule has 5 heteroatoms. The highest BCUT2D eigenvalue weighted by molar-refractivity contribution is 7.10. The Kier molecular flexibility index (Phi) is 5.74. The van der Waals surface area contributed by atoms with Crippen LogP contribution in [0.4, 0.5) is 0 Å². The number of hydrogen-bond acceptors (Lipinski definition) is 3. The van der Waals surface area contributed by atoms with E-state index in [4.69, 9.17) is 5.73 Å². The number of halogens is 1. The van der Waals surface area contributed by atoms with E-state index in [1.165, 1.54) is 5.56 Å². The second kappa shape index (κ2) is 6.88. The molecule has 0 aliphatic heterocycles. The van der Waals surface area contributed by atoms with Crippen LogP contribution < -0.4 is 11.1 Å². The molecule has 1 atom stereocenters. The number of carbonyl (C=O) groups excluding carboxylic acids is 1. The first kappa shape index (κ1) is 16.7. The van der Waals surface area contributed by atoms with Gasteiger partial charge in [0.2, 0.25) is 5.91 Å². The molecule has 1 heterocycles. The number of nitrogens with two attached hydrogens (primary N) is 1. The standard InChI is InChI=1S/C15H18N2OS.ClH/c1-11-8-9-19-13(11)10-17-14(18)15(2,16)12-6-4-3-5-7-12;/h3-9H,10,16H2,1-2H3,(H,17,18);1H. The van der Waals surface area contributed by atoms with Crippen LogP contribution in [-0.4, -0.2) is 5.91 Å². The minimum absolute atomic E-state index is 0. The van der Waals surface area contributed by atoms with E-state index in [-0.39, 0.29) is 18.3 Å². The van der Waals surface area contributed by atoms with Crippen molar-refractivity contribution in [1.82, 2.24) is 5.32 Å². The molecular formula is C15H19ClN2OS. The fraction of sp³-hybridized carbons (Fsp3) is 0.267. The van der Waals surface area contributed by atoms with Crippen LogP contribution in [0, 0.1) is 6.92 Å². The van der Waals surface area contributed by atoms with Crippen LogP contribution in [0.3, 0.4) is 0 Å². The summed E-state index contributed by atoms with van der Waals surface area (Å²) >= 11 is 1.64. The Hall–Kier alpha value is -1.36. The summed E-state index contributed by atoms with van der Waals surface area (Å²) in [5.74, 6) is -0.161. The number of thiophene rings is 1. The maximum absolute atomic E-state index is 12.2. The summed E-state index contributed by atoms with van der Waals surface area (Å²) in [4.78, 5) is 13.4. The summed E-state index contributed by atoms with van der Waals surface area (Å²) in [5, 5.41) is 4.93. The van der Waals surface area contributed by atoms with E-state index in [2.05, 4.69) is 5.32 Å². The predicted octanol–water partition coefficient (Wildman–Crippen LogP) is 2.97. The molecule has 0 bridgehead atoms. The van der Waals surface area contributed by atoms with E-state index in [0.29, 0.717) is 6.54 Å². The van der Waals surface area contributed by atoms with Gasteiger partial charge in [-0.2, -0.15) is 0 Å². The summed E-state index contributed by atoms with van der Waals surface area (Å²) in [6.45, 7) is 4.30. The molecule has 0 fully saturated rings. The van der Waals surface area contributed by atoms with Gasteiger partial charge in [-0.05, 0) is 36.4 Å². The number of nitrogens with one attached hydrogen (secondary N) is 1. The minimum Gasteiger partial charge on any atom is -0.349 e. The summed E-state index contributed by atoms with van der Waals surface area (Å²) < 4.78 is 0. The highest BCUT2D eigenvalue weighted by Crippen LogP contribution is 2.19. The zero-order chi connectivity index (χ0) is 13.9. The van der Waals surface area contributed by atoms with Gasteiger partial charge in [0.05, 0.1) is 6.54 Å². The van der Waals surface area contributed by atoms with Gasteiger partial charge in [0.25, 0.3) is 0 Å². The van der Waals surface area contributed by atoms with Gasteiger partial charge in [0.1, 0.15) is 5.54 Å². The minimum atomic E-state index is -1.01. The van der Waals surface area contributed by atoms with E-state index in [1.54, 1.807) is 18.3 Å². The van der Waals surface area contributed by atoms with Gasteiger partial charge in [0, 0.05) is 4.88 Å². The molecule has 0 saturated heterocycles. The number of amides is 1. The third-order valence-electron chi connectivity index (χ3n) is 3.22. The van der Waals surface area contributed by atoms with Gasteiger partial charge in [-0.3, -0.25) is 4.79 Å². The molecule has 0 spiro atoms. The molecule has 20 heavy (non-hydrogen) atoms. The second-order valence-corrected chi connectivity index (χ2v) is 5.78. The lowest BCUT2D eigenvalue weighted by molar-refractivity contribution is -0.126. The molecule has 1 aromatic carbocycles. The van der Waals surface area contributed by atoms with Crippen LogP contribution in [0.5, 0.6) is 0 Å². The number of carbonyl (C=O) groups is 1. The fourth-order valence-corrected chi connectivity index (χ4v) is 2.69. The summed E-state index contributed by atoms with van der Waals surface area (Å²) in [7, 11) is 0. The molecule has 1 aromatic heterocycles. The number of hydrogen-bond donors (Lipinski definition) is 2. The van der Waals surface area contributed by atoms with Gasteiger partial charge < -0.3 is 11.1 Å². The second-order valence-electron chi connectivity index (χ2n) is 4.78. The summed E-state index contributed by atoms with van der Waals surface area (Å²) in [6, 6.07) is 11.5. The monoisotopic (exact) mass is 310 g/mol. The zero-order valence-corrected chi connectivity index (χ0v) is 13.2. The predicted molar refractivity (Wildman–Crippen MR) is 86.1 cm³/mol. The van der Waals surface area contributed by atoms with Gasteiger partial charge in [-0.15, -0.1) is 23.7 Å². The molecule has 108 valence electrons. The van der Waals surface area contributed by atoms with Crippen molar-refractivity contribution in [2.45, 2.75) is 25.9 Å². The Morgan fingerprint density at radius 1 is 1.30 bits per heavy atom. The van der Waals surface area contributed by atoms with Crippen molar-refractivity contribution in [1.29, 1.82) is 0 Å². The Morgan fingerprint density at radius 2 is 1.95 bits per heavy atom. The molecule has 2 rings (SSSR count). The van der Waals surface area contributed by atoms with Crippen LogP contribution in [0.2, 0.25) is 0 Å². The Labute approximate surface area is 129 Å². The number of aryl methyl sites for hydroxylation is 1. The smallest absolute Gasteiger partial charge is 0.244 e. The zero-order valence-electron chi connectivity index (χ0n) is 11.6. The molecule has 0 aliphatic rings. The Bertz CT molecular complexity index is 566. The average molecular weight is 311 g/mol. The maximum atomic E-state index is 12.2. The van der Waals surface area contributed by atoms with E-state index >= 15 is 0 Å². The fourth-order valence-electron chi connectivity index (χ4n) is 1.84. The van der Waals surface area contributed by atoms with E-state index < -0.39 is 5.54 Å². The van der Waals surface area contributed by atoms with E-state index in [9.17, 15) is 4.79 Å². The van der Waals surface area contributed by atoms with Crippen molar-refractivity contribution in [3.05, 3.63) is 57.8 Å². The Balaban J connectivity index is 0.00000200. The van der Waals surface area contributed by atoms with E-state index in [1.807, 2.05) is 48.7 Å². The van der Waals surface area contributed by atoms with Crippen molar-refractivity contribution in [3.8, 4) is 0 Å². The first-order valence-corrected chi connectivity index (χ1v) is 7.05. The molecule has 0 aliphatic carbocycles. The maximum Gasteiger partial charge on any atom is 0.244 e. The van der Waals surface area contributed by atoms with Crippen molar-refractivity contribution in [2.75, 3.05) is 0 Å². The first-order valence-electron chi connectivity index (χ1n) is 6.17. The van der Waals surface area contributed by atoms with Gasteiger partial charge >= 0.3 is 0 Å². The van der Waals surface area contributed by atoms with Crippen LogP contribution >= 0.6 is 23.7 Å². The summed E-state index contributed by atoms with van der Waals surface area (Å²) in [5.41, 5.74) is 7.16. The number of benzene rings is 1. The van der Waals surface area contributed by atoms with Crippen LogP contribution in [0.1, 0.15) is 22.9 Å². The van der Waals surface area contributed by atoms with Crippen molar-refractivity contribution in [3.63, 3.8) is 0 Å². The van der Waals surface area contributed by atoms with Crippen LogP contribution in [0.25, 0.3) is 0 Å². The lowest BCUT2D eigenvalue weighted by atomic mass is 9.92. The van der Waals surface area contributed by atoms with Gasteiger partial charge in [-0.25, -0.2) is 0 Å². The summed E-state index contributed by atoms with van der Waals surface area (Å²) in [6.07, 6.45) is 0. The van der Waals surface area contributed by atoms with Crippen molar-refractivity contribution < 1.29 is 4.79 Å². The molecule has 0 saturated carbocycles. The van der Waals surface area contributed by atoms with E-state index in [0.717, 1.165) is 10.4 Å². The molecule has 1 amide bonds. The topological polar surface area (TPSA) is 55.1 Å². The molecule has 3 nitrogen and oxygen atoms in total. The third kappa shape index (κ3) is 3.60. The molecule has 3 N–H and O–H groups in total. The van der Waals surface area contributed by atoms with Gasteiger partial charge in [0.15, 0.2) is 0 Å². The highest BCUT2D eigenvalue weighted by atomic mass is 35.5. The number of rotatable bonds is 4. The largest absolute Gasteiger partial charge is 0.349 e. The SMILES string of the molecule is Cc1ccsc1CNC(=O)C(C)(N)c1ccccc1.Cl. The molecule has 0 radical (unpaired) electrons. The quantitative estimate of drug-likeness (QED) is 0.912. The Morgan fingerprint density at radius 3 is 2.50 bits per heavy atom. The first-order chi connectivity index (χ1) is 9.01. The average Bonchev–Trinajstić information content (AvgIpc) is 2.82. The lowest BCUT2D eigenvalue weighted by Gasteiger charge is -2.24. The van der Waals surface area contributed by atoms with Crippen molar-refractivity contribution >= 4 is 29.7 Å². The van der Waals surface area contributed by atoms with Crippen LogP contribution in [0.15, 0.2) is 41.8 Å². The van der Waals surface area contributed by atoms with Crippen LogP contribution in [-0.2, 0) is 16.9 Å². The lowest BCUT2D eigenvalue weighted by Crippen LogP contribution is -2.48. The third-order valence-corrected chi connectivity index (χ3v) is 4.25. The van der Waals surface area contributed by atoms with Crippen molar-refractivity contribution in [2.24, 2.45) is 5.73 Å². The molecule has 1 unspecified atom stereocenters. The van der Waals surface area contributed by atoms with Gasteiger partial charge in [-0.1, -0.05) is 30.3 Å². The molecule has 2 aromatic rings. The normalized spacial score (nSPS) is 13.2. The highest BCUT2D eigenvalue weighted by Gasteiger charge is 2.30.